The highest BCUT2D eigenvalue weighted by molar-refractivity contribution is 6.39. The van der Waals surface area contributed by atoms with Crippen LogP contribution in [0.25, 0.3) is 0 Å². The molecule has 0 aliphatic heterocycles. The molecule has 132 valence electrons. The van der Waals surface area contributed by atoms with Crippen LogP contribution in [0.5, 0.6) is 0 Å². The zero-order valence-electron chi connectivity index (χ0n) is 15.2. The number of hydrogen-bond acceptors (Lipinski definition) is 3. The van der Waals surface area contributed by atoms with Crippen molar-refractivity contribution in [3.8, 4) is 0 Å². The van der Waals surface area contributed by atoms with Crippen LogP contribution < -0.4 is 5.32 Å². The number of carbonyl (C=O) groups is 2. The van der Waals surface area contributed by atoms with E-state index in [1.807, 2.05) is 37.3 Å². The summed E-state index contributed by atoms with van der Waals surface area (Å²) < 4.78 is 0. The maximum Gasteiger partial charge on any atom is 0.313 e. The highest BCUT2D eigenvalue weighted by Gasteiger charge is 2.21. The van der Waals surface area contributed by atoms with E-state index in [1.54, 1.807) is 19.4 Å². The van der Waals surface area contributed by atoms with Gasteiger partial charge in [0.15, 0.2) is 0 Å². The van der Waals surface area contributed by atoms with Gasteiger partial charge < -0.3 is 10.2 Å². The van der Waals surface area contributed by atoms with Gasteiger partial charge in [0.25, 0.3) is 0 Å². The molecule has 25 heavy (non-hydrogen) atoms. The first-order chi connectivity index (χ1) is 11.9. The van der Waals surface area contributed by atoms with E-state index in [-0.39, 0.29) is 5.92 Å². The van der Waals surface area contributed by atoms with Crippen LogP contribution in [-0.2, 0) is 16.0 Å². The first-order valence-corrected chi connectivity index (χ1v) is 8.45. The molecule has 5 heteroatoms. The molecule has 0 saturated carbocycles. The smallest absolute Gasteiger partial charge is 0.313 e. The number of hydrogen-bond donors (Lipinski definition) is 1. The Bertz CT molecular complexity index is 742. The van der Waals surface area contributed by atoms with E-state index < -0.39 is 11.8 Å². The third-order valence-electron chi connectivity index (χ3n) is 4.19. The number of likely N-dealkylation sites (N-methyl/N-ethyl adjacent to an activating group) is 1. The topological polar surface area (TPSA) is 62.3 Å². The predicted octanol–water partition coefficient (Wildman–Crippen LogP) is 3.15. The van der Waals surface area contributed by atoms with Gasteiger partial charge in [0.1, 0.15) is 0 Å². The number of nitrogens with one attached hydrogen (secondary N) is 1. The first-order valence-electron chi connectivity index (χ1n) is 8.45. The zero-order valence-corrected chi connectivity index (χ0v) is 15.2. The lowest BCUT2D eigenvalue weighted by molar-refractivity contribution is -0.142. The van der Waals surface area contributed by atoms with E-state index in [2.05, 4.69) is 24.1 Å². The van der Waals surface area contributed by atoms with Crippen molar-refractivity contribution in [2.45, 2.75) is 33.1 Å². The third-order valence-corrected chi connectivity index (χ3v) is 4.19. The monoisotopic (exact) mass is 339 g/mol. The second kappa shape index (κ2) is 8.42. The zero-order chi connectivity index (χ0) is 18.4. The Kier molecular flexibility index (Phi) is 6.28. The highest BCUT2D eigenvalue weighted by Crippen LogP contribution is 2.27. The minimum absolute atomic E-state index is 0.259. The number of amides is 2. The summed E-state index contributed by atoms with van der Waals surface area (Å²) in [4.78, 5) is 30.2. The number of para-hydroxylation sites is 1. The second-order valence-corrected chi connectivity index (χ2v) is 6.48. The number of nitrogens with zero attached hydrogens (tertiary/aromatic N) is 2. The molecule has 0 aliphatic rings. The van der Waals surface area contributed by atoms with Crippen LogP contribution in [0.15, 0.2) is 42.7 Å². The number of carbonyl (C=O) groups excluding carboxylic acids is 2. The van der Waals surface area contributed by atoms with Crippen molar-refractivity contribution in [3.63, 3.8) is 0 Å². The molecule has 0 bridgehead atoms. The summed E-state index contributed by atoms with van der Waals surface area (Å²) in [5.41, 5.74) is 3.79. The summed E-state index contributed by atoms with van der Waals surface area (Å²) in [5, 5.41) is 2.80. The number of benzene rings is 1. The largest absolute Gasteiger partial charge is 0.337 e. The summed E-state index contributed by atoms with van der Waals surface area (Å²) in [6.07, 6.45) is 4.12. The Morgan fingerprint density at radius 1 is 1.16 bits per heavy atom. The Balaban J connectivity index is 2.02. The molecule has 1 aromatic heterocycles. The summed E-state index contributed by atoms with van der Waals surface area (Å²) >= 11 is 0. The highest BCUT2D eigenvalue weighted by atomic mass is 16.2. The van der Waals surface area contributed by atoms with Gasteiger partial charge in [-0.15, -0.1) is 0 Å². The van der Waals surface area contributed by atoms with Crippen molar-refractivity contribution >= 4 is 17.5 Å². The quantitative estimate of drug-likeness (QED) is 0.851. The lowest BCUT2D eigenvalue weighted by atomic mass is 9.98. The molecule has 1 aromatic carbocycles. The number of anilines is 1. The van der Waals surface area contributed by atoms with Crippen LogP contribution in [0, 0.1) is 6.92 Å². The minimum atomic E-state index is -0.603. The van der Waals surface area contributed by atoms with Crippen LogP contribution in [-0.4, -0.2) is 35.3 Å². The van der Waals surface area contributed by atoms with Crippen LogP contribution >= 0.6 is 0 Å². The fourth-order valence-corrected chi connectivity index (χ4v) is 2.63. The SMILES string of the molecule is Cc1cccc(C(C)C)c1NC(=O)C(=O)N(C)CCc1ccncc1. The summed E-state index contributed by atoms with van der Waals surface area (Å²) in [6, 6.07) is 9.67. The lowest BCUT2D eigenvalue weighted by Crippen LogP contribution is -2.38. The molecule has 2 aromatic rings. The van der Waals surface area contributed by atoms with E-state index in [4.69, 9.17) is 0 Å². The lowest BCUT2D eigenvalue weighted by Gasteiger charge is -2.19. The molecular weight excluding hydrogens is 314 g/mol. The van der Waals surface area contributed by atoms with Gasteiger partial charge in [-0.1, -0.05) is 32.0 Å². The molecule has 0 spiro atoms. The Morgan fingerprint density at radius 2 is 1.84 bits per heavy atom. The van der Waals surface area contributed by atoms with E-state index >= 15 is 0 Å². The van der Waals surface area contributed by atoms with Gasteiger partial charge in [-0.05, 0) is 48.1 Å². The van der Waals surface area contributed by atoms with Gasteiger partial charge in [-0.3, -0.25) is 14.6 Å². The van der Waals surface area contributed by atoms with Gasteiger partial charge in [0.05, 0.1) is 0 Å². The Morgan fingerprint density at radius 3 is 2.48 bits per heavy atom. The average Bonchev–Trinajstić information content (AvgIpc) is 2.61. The van der Waals surface area contributed by atoms with Crippen molar-refractivity contribution in [1.29, 1.82) is 0 Å². The standard InChI is InChI=1S/C20H25N3O2/c1-14(2)17-7-5-6-15(3)18(17)22-19(24)20(25)23(4)13-10-16-8-11-21-12-9-16/h5-9,11-12,14H,10,13H2,1-4H3,(H,22,24). The maximum atomic E-state index is 12.4. The number of aromatic nitrogens is 1. The fraction of sp³-hybridized carbons (Fsp3) is 0.350. The number of pyridine rings is 1. The number of aryl methyl sites for hydroxylation is 1. The van der Waals surface area contributed by atoms with E-state index in [9.17, 15) is 9.59 Å². The van der Waals surface area contributed by atoms with Crippen molar-refractivity contribution in [2.24, 2.45) is 0 Å². The van der Waals surface area contributed by atoms with Gasteiger partial charge in [0, 0.05) is 31.7 Å². The molecule has 0 unspecified atom stereocenters. The maximum absolute atomic E-state index is 12.4. The number of rotatable bonds is 5. The van der Waals surface area contributed by atoms with Crippen LogP contribution in [0.3, 0.4) is 0 Å². The van der Waals surface area contributed by atoms with E-state index in [1.165, 1.54) is 4.90 Å². The molecule has 5 nitrogen and oxygen atoms in total. The van der Waals surface area contributed by atoms with Gasteiger partial charge in [-0.25, -0.2) is 0 Å². The first kappa shape index (κ1) is 18.6. The van der Waals surface area contributed by atoms with Crippen molar-refractivity contribution in [1.82, 2.24) is 9.88 Å². The molecule has 1 N–H and O–H groups in total. The van der Waals surface area contributed by atoms with Crippen molar-refractivity contribution in [2.75, 3.05) is 18.9 Å². The summed E-state index contributed by atoms with van der Waals surface area (Å²) in [5.74, 6) is -0.879. The van der Waals surface area contributed by atoms with E-state index in [0.717, 1.165) is 22.4 Å². The van der Waals surface area contributed by atoms with Crippen molar-refractivity contribution in [3.05, 3.63) is 59.4 Å². The second-order valence-electron chi connectivity index (χ2n) is 6.48. The van der Waals surface area contributed by atoms with Crippen LogP contribution in [0.4, 0.5) is 5.69 Å². The van der Waals surface area contributed by atoms with E-state index in [0.29, 0.717) is 13.0 Å². The molecule has 2 rings (SSSR count). The Hall–Kier alpha value is -2.69. The third kappa shape index (κ3) is 4.89. The average molecular weight is 339 g/mol. The molecule has 1 heterocycles. The van der Waals surface area contributed by atoms with Gasteiger partial charge in [-0.2, -0.15) is 0 Å². The predicted molar refractivity (Wildman–Crippen MR) is 99.5 cm³/mol. The molecule has 0 aliphatic carbocycles. The van der Waals surface area contributed by atoms with Gasteiger partial charge in [0.2, 0.25) is 0 Å². The summed E-state index contributed by atoms with van der Waals surface area (Å²) in [6.45, 7) is 6.53. The van der Waals surface area contributed by atoms with Crippen LogP contribution in [0.1, 0.15) is 36.5 Å². The molecule has 0 fully saturated rings. The molecule has 2 amide bonds. The molecule has 0 radical (unpaired) electrons. The van der Waals surface area contributed by atoms with Gasteiger partial charge >= 0.3 is 11.8 Å². The van der Waals surface area contributed by atoms with Crippen LogP contribution in [0.2, 0.25) is 0 Å². The Labute approximate surface area is 149 Å². The molecular formula is C20H25N3O2. The minimum Gasteiger partial charge on any atom is -0.337 e. The molecule has 0 atom stereocenters. The van der Waals surface area contributed by atoms with Crippen molar-refractivity contribution < 1.29 is 9.59 Å². The molecule has 0 saturated heterocycles. The summed E-state index contributed by atoms with van der Waals surface area (Å²) in [7, 11) is 1.64. The fourth-order valence-electron chi connectivity index (χ4n) is 2.63. The normalized spacial score (nSPS) is 10.6.